The third-order valence-corrected chi connectivity index (χ3v) is 3.18. The first-order valence-corrected chi connectivity index (χ1v) is 6.68. The highest BCUT2D eigenvalue weighted by atomic mass is 16.6. The number of carboxylic acid groups (broad SMARTS) is 1. The predicted molar refractivity (Wildman–Crippen MR) is 72.8 cm³/mol. The van der Waals surface area contributed by atoms with Crippen molar-refractivity contribution in [3.8, 4) is 0 Å². The van der Waals surface area contributed by atoms with Gasteiger partial charge < -0.3 is 9.84 Å². The van der Waals surface area contributed by atoms with E-state index in [0.29, 0.717) is 10.5 Å². The van der Waals surface area contributed by atoms with E-state index in [-0.39, 0.29) is 24.5 Å². The summed E-state index contributed by atoms with van der Waals surface area (Å²) in [7, 11) is 0. The number of amides is 3. The van der Waals surface area contributed by atoms with Gasteiger partial charge in [-0.3, -0.25) is 14.8 Å². The number of rotatable bonds is 5. The summed E-state index contributed by atoms with van der Waals surface area (Å²) in [6.07, 6.45) is -3.88. The molecule has 1 heterocycles. The molecule has 2 N–H and O–H groups in total. The lowest BCUT2D eigenvalue weighted by molar-refractivity contribution is -0.187. The SMILES string of the molecule is O=C(O)C(N(O)C(=O)OCc1ccccc1)N1C(=O)CCC1=O. The van der Waals surface area contributed by atoms with Gasteiger partial charge in [-0.05, 0) is 5.56 Å². The van der Waals surface area contributed by atoms with Crippen LogP contribution < -0.4 is 0 Å². The molecule has 1 saturated heterocycles. The Hall–Kier alpha value is -2.94. The Morgan fingerprint density at radius 3 is 2.26 bits per heavy atom. The Morgan fingerprint density at radius 2 is 1.74 bits per heavy atom. The van der Waals surface area contributed by atoms with Gasteiger partial charge in [-0.15, -0.1) is 0 Å². The number of nitrogens with zero attached hydrogens (tertiary/aromatic N) is 2. The molecule has 1 unspecified atom stereocenters. The minimum atomic E-state index is -2.15. The summed E-state index contributed by atoms with van der Waals surface area (Å²) < 4.78 is 4.78. The molecular weight excluding hydrogens is 308 g/mol. The van der Waals surface area contributed by atoms with Crippen LogP contribution in [0.5, 0.6) is 0 Å². The maximum absolute atomic E-state index is 11.8. The fourth-order valence-electron chi connectivity index (χ4n) is 2.08. The van der Waals surface area contributed by atoms with E-state index < -0.39 is 30.0 Å². The maximum Gasteiger partial charge on any atom is 0.436 e. The van der Waals surface area contributed by atoms with Gasteiger partial charge in [-0.2, -0.15) is 5.06 Å². The van der Waals surface area contributed by atoms with E-state index in [9.17, 15) is 24.4 Å². The topological polar surface area (TPSA) is 124 Å². The van der Waals surface area contributed by atoms with Crippen molar-refractivity contribution in [1.82, 2.24) is 9.96 Å². The van der Waals surface area contributed by atoms with Crippen LogP contribution in [-0.2, 0) is 25.7 Å². The van der Waals surface area contributed by atoms with Gasteiger partial charge >= 0.3 is 12.1 Å². The van der Waals surface area contributed by atoms with Gasteiger partial charge in [0.05, 0.1) is 0 Å². The Kier molecular flexibility index (Phi) is 4.91. The largest absolute Gasteiger partial charge is 0.478 e. The molecule has 9 nitrogen and oxygen atoms in total. The molecule has 3 amide bonds. The molecule has 0 bridgehead atoms. The number of imide groups is 1. The minimum absolute atomic E-state index is 0.171. The van der Waals surface area contributed by atoms with Gasteiger partial charge in [-0.25, -0.2) is 14.5 Å². The number of likely N-dealkylation sites (tertiary alicyclic amines) is 1. The van der Waals surface area contributed by atoms with E-state index in [4.69, 9.17) is 9.84 Å². The van der Waals surface area contributed by atoms with Gasteiger partial charge in [0.15, 0.2) is 0 Å². The zero-order valence-electron chi connectivity index (χ0n) is 11.9. The van der Waals surface area contributed by atoms with E-state index >= 15 is 0 Å². The number of hydrogen-bond donors (Lipinski definition) is 2. The molecule has 0 aromatic heterocycles. The van der Waals surface area contributed by atoms with Gasteiger partial charge in [0, 0.05) is 12.8 Å². The molecule has 1 aromatic rings. The third-order valence-electron chi connectivity index (χ3n) is 3.18. The fourth-order valence-corrected chi connectivity index (χ4v) is 2.08. The highest BCUT2D eigenvalue weighted by Gasteiger charge is 2.44. The van der Waals surface area contributed by atoms with Crippen molar-refractivity contribution in [2.24, 2.45) is 0 Å². The zero-order valence-corrected chi connectivity index (χ0v) is 11.9. The van der Waals surface area contributed by atoms with Crippen LogP contribution in [0.25, 0.3) is 0 Å². The van der Waals surface area contributed by atoms with Crippen LogP contribution in [0.4, 0.5) is 4.79 Å². The van der Waals surface area contributed by atoms with Gasteiger partial charge in [-0.1, -0.05) is 30.3 Å². The maximum atomic E-state index is 11.8. The Labute approximate surface area is 130 Å². The second-order valence-corrected chi connectivity index (χ2v) is 4.75. The summed E-state index contributed by atoms with van der Waals surface area (Å²) in [6.45, 7) is -0.203. The lowest BCUT2D eigenvalue weighted by atomic mass is 10.2. The van der Waals surface area contributed by atoms with Crippen molar-refractivity contribution in [1.29, 1.82) is 0 Å². The zero-order chi connectivity index (χ0) is 17.0. The molecule has 9 heteroatoms. The van der Waals surface area contributed by atoms with Crippen LogP contribution in [0.3, 0.4) is 0 Å². The molecule has 23 heavy (non-hydrogen) atoms. The molecule has 0 spiro atoms. The molecule has 1 aliphatic rings. The molecule has 2 rings (SSSR count). The van der Waals surface area contributed by atoms with Gasteiger partial charge in [0.2, 0.25) is 18.0 Å². The van der Waals surface area contributed by atoms with E-state index in [1.165, 1.54) is 0 Å². The van der Waals surface area contributed by atoms with Crippen molar-refractivity contribution in [3.05, 3.63) is 35.9 Å². The summed E-state index contributed by atoms with van der Waals surface area (Å²) in [5.74, 6) is -3.29. The van der Waals surface area contributed by atoms with Gasteiger partial charge in [0.1, 0.15) is 6.61 Å². The summed E-state index contributed by atoms with van der Waals surface area (Å²) in [4.78, 5) is 46.5. The van der Waals surface area contributed by atoms with Crippen molar-refractivity contribution in [2.45, 2.75) is 25.6 Å². The molecule has 1 aromatic carbocycles. The number of hydroxylamine groups is 2. The Bertz CT molecular complexity index is 615. The number of carboxylic acids is 1. The standard InChI is InChI=1S/C14H14N2O7/c17-10-6-7-11(18)15(10)12(13(19)20)16(22)14(21)23-8-9-4-2-1-3-5-9/h1-5,12,22H,6-8H2,(H,19,20). The highest BCUT2D eigenvalue weighted by molar-refractivity contribution is 6.05. The fraction of sp³-hybridized carbons (Fsp3) is 0.286. The van der Waals surface area contributed by atoms with Crippen LogP contribution >= 0.6 is 0 Å². The number of carbonyl (C=O) groups excluding carboxylic acids is 3. The van der Waals surface area contributed by atoms with Crippen LogP contribution in [0.2, 0.25) is 0 Å². The summed E-state index contributed by atoms with van der Waals surface area (Å²) in [5.41, 5.74) is 0.620. The molecule has 1 atom stereocenters. The Balaban J connectivity index is 2.07. The second kappa shape index (κ2) is 6.88. The molecule has 1 fully saturated rings. The normalized spacial score (nSPS) is 15.4. The molecule has 122 valence electrons. The average molecular weight is 322 g/mol. The molecule has 1 aliphatic heterocycles. The quantitative estimate of drug-likeness (QED) is 0.461. The summed E-state index contributed by atoms with van der Waals surface area (Å²) >= 11 is 0. The average Bonchev–Trinajstić information content (AvgIpc) is 2.85. The summed E-state index contributed by atoms with van der Waals surface area (Å²) in [5, 5.41) is 18.6. The lowest BCUT2D eigenvalue weighted by Crippen LogP contribution is -2.56. The van der Waals surface area contributed by atoms with Crippen LogP contribution in [0.15, 0.2) is 30.3 Å². The molecular formula is C14H14N2O7. The van der Waals surface area contributed by atoms with Crippen LogP contribution in [0.1, 0.15) is 18.4 Å². The number of carbonyl (C=O) groups is 4. The van der Waals surface area contributed by atoms with Crippen molar-refractivity contribution < 1.29 is 34.2 Å². The number of aliphatic carboxylic acids is 1. The summed E-state index contributed by atoms with van der Waals surface area (Å²) in [6, 6.07) is 8.51. The number of benzene rings is 1. The van der Waals surface area contributed by atoms with Crippen LogP contribution in [0, 0.1) is 0 Å². The number of hydrogen-bond acceptors (Lipinski definition) is 6. The Morgan fingerprint density at radius 1 is 1.17 bits per heavy atom. The lowest BCUT2D eigenvalue weighted by Gasteiger charge is -2.28. The molecule has 0 aliphatic carbocycles. The molecule has 0 saturated carbocycles. The van der Waals surface area contributed by atoms with E-state index in [2.05, 4.69) is 0 Å². The van der Waals surface area contributed by atoms with E-state index in [1.54, 1.807) is 30.3 Å². The first-order chi connectivity index (χ1) is 10.9. The van der Waals surface area contributed by atoms with Crippen LogP contribution in [-0.4, -0.2) is 50.3 Å². The predicted octanol–water partition coefficient (Wildman–Crippen LogP) is 0.574. The monoisotopic (exact) mass is 322 g/mol. The van der Waals surface area contributed by atoms with Crippen molar-refractivity contribution in [3.63, 3.8) is 0 Å². The first-order valence-electron chi connectivity index (χ1n) is 6.68. The highest BCUT2D eigenvalue weighted by Crippen LogP contribution is 2.18. The van der Waals surface area contributed by atoms with Crippen molar-refractivity contribution >= 4 is 23.9 Å². The first kappa shape index (κ1) is 16.4. The second-order valence-electron chi connectivity index (χ2n) is 4.75. The number of ether oxygens (including phenoxy) is 1. The van der Waals surface area contributed by atoms with E-state index in [1.807, 2.05) is 0 Å². The molecule has 0 radical (unpaired) electrons. The van der Waals surface area contributed by atoms with Gasteiger partial charge in [0.25, 0.3) is 0 Å². The van der Waals surface area contributed by atoms with Crippen molar-refractivity contribution in [2.75, 3.05) is 0 Å². The minimum Gasteiger partial charge on any atom is -0.478 e. The smallest absolute Gasteiger partial charge is 0.436 e. The third kappa shape index (κ3) is 3.64. The van der Waals surface area contributed by atoms with E-state index in [0.717, 1.165) is 0 Å².